The highest BCUT2D eigenvalue weighted by Crippen LogP contribution is 2.54. The molecule has 9 aromatic carbocycles. The Bertz CT molecular complexity index is 3410. The first kappa shape index (κ1) is 35.5. The monoisotopic (exact) mass is 791 g/mol. The maximum atomic E-state index is 5.05. The molecule has 0 aliphatic carbocycles. The van der Waals surface area contributed by atoms with Crippen LogP contribution >= 0.6 is 0 Å². The van der Waals surface area contributed by atoms with Gasteiger partial charge >= 0.3 is 0 Å². The van der Waals surface area contributed by atoms with E-state index in [9.17, 15) is 0 Å². The van der Waals surface area contributed by atoms with Gasteiger partial charge in [-0.05, 0) is 70.4 Å². The third-order valence-electron chi connectivity index (χ3n) is 11.9. The number of fused-ring (bicyclic) bond motifs is 8. The van der Waals surface area contributed by atoms with Crippen LogP contribution in [0.15, 0.2) is 224 Å². The van der Waals surface area contributed by atoms with E-state index in [2.05, 4.69) is 173 Å². The molecule has 62 heavy (non-hydrogen) atoms. The molecule has 0 atom stereocenters. The maximum absolute atomic E-state index is 5.05. The fraction of sp³-hybridized carbons (Fsp3) is 0. The fourth-order valence-corrected chi connectivity index (χ4v) is 9.10. The van der Waals surface area contributed by atoms with Crippen LogP contribution in [0.25, 0.3) is 95.0 Å². The summed E-state index contributed by atoms with van der Waals surface area (Å²) in [5.41, 5.74) is 15.5. The number of aromatic nitrogens is 4. The Balaban J connectivity index is 1.05. The number of rotatable bonds is 6. The molecule has 0 saturated heterocycles. The molecule has 0 N–H and O–H groups in total. The van der Waals surface area contributed by atoms with E-state index < -0.39 is 0 Å². The van der Waals surface area contributed by atoms with Gasteiger partial charge in [0.1, 0.15) is 0 Å². The van der Waals surface area contributed by atoms with Gasteiger partial charge in [0.05, 0.1) is 22.6 Å². The van der Waals surface area contributed by atoms with Crippen LogP contribution in [0.5, 0.6) is 0 Å². The minimum atomic E-state index is 0.631. The first-order valence-electron chi connectivity index (χ1n) is 20.9. The summed E-state index contributed by atoms with van der Waals surface area (Å²) in [5.74, 6) is 1.92. The molecule has 0 saturated carbocycles. The molecule has 1 aliphatic heterocycles. The molecule has 12 rings (SSSR count). The van der Waals surface area contributed by atoms with E-state index in [-0.39, 0.29) is 0 Å². The number of para-hydroxylation sites is 3. The van der Waals surface area contributed by atoms with Crippen LogP contribution in [0.4, 0.5) is 17.1 Å². The number of nitrogens with zero attached hydrogens (tertiary/aromatic N) is 5. The van der Waals surface area contributed by atoms with Crippen molar-refractivity contribution in [3.05, 3.63) is 224 Å². The quantitative estimate of drug-likeness (QED) is 0.168. The summed E-state index contributed by atoms with van der Waals surface area (Å²) >= 11 is 0. The van der Waals surface area contributed by atoms with E-state index in [1.54, 1.807) is 0 Å². The minimum Gasteiger partial charge on any atom is -0.309 e. The highest BCUT2D eigenvalue weighted by atomic mass is 15.2. The van der Waals surface area contributed by atoms with E-state index >= 15 is 0 Å². The molecule has 0 fully saturated rings. The van der Waals surface area contributed by atoms with Crippen LogP contribution < -0.4 is 4.90 Å². The van der Waals surface area contributed by atoms with Crippen LogP contribution in [0.2, 0.25) is 0 Å². The summed E-state index contributed by atoms with van der Waals surface area (Å²) in [6.07, 6.45) is 0. The van der Waals surface area contributed by atoms with Crippen molar-refractivity contribution >= 4 is 38.7 Å². The molecule has 0 amide bonds. The van der Waals surface area contributed by atoms with E-state index in [0.717, 1.165) is 55.8 Å². The summed E-state index contributed by atoms with van der Waals surface area (Å²) < 4.78 is 2.46. The van der Waals surface area contributed by atoms with Crippen molar-refractivity contribution in [2.75, 3.05) is 4.90 Å². The summed E-state index contributed by atoms with van der Waals surface area (Å²) in [4.78, 5) is 17.5. The maximum Gasteiger partial charge on any atom is 0.164 e. The lowest BCUT2D eigenvalue weighted by molar-refractivity contribution is 1.07. The number of benzene rings is 9. The van der Waals surface area contributed by atoms with Gasteiger partial charge in [0.25, 0.3) is 0 Å². The highest BCUT2D eigenvalue weighted by Gasteiger charge is 2.31. The molecule has 0 unspecified atom stereocenters. The standard InChI is InChI=1S/C57H37N5/c1-4-17-38(18-5-1)42-23-16-24-45(36-42)62-51-29-14-11-26-48(51)53-47-25-10-13-28-50(47)61(52-30-15-12-27-49(52)54(53)62)46-34-33-39-31-32-43(35-44(39)37-46)57-59-55(40-19-6-2-7-20-40)58-56(60-57)41-21-8-3-9-22-41/h1-37H. The molecule has 11 aromatic rings. The molecule has 3 heterocycles. The zero-order chi connectivity index (χ0) is 41.0. The van der Waals surface area contributed by atoms with Crippen molar-refractivity contribution in [1.82, 2.24) is 19.5 Å². The predicted octanol–water partition coefficient (Wildman–Crippen LogP) is 14.8. The van der Waals surface area contributed by atoms with Gasteiger partial charge < -0.3 is 9.47 Å². The largest absolute Gasteiger partial charge is 0.309 e. The molecular formula is C57H37N5. The van der Waals surface area contributed by atoms with Gasteiger partial charge in [-0.1, -0.05) is 176 Å². The zero-order valence-electron chi connectivity index (χ0n) is 33.6. The van der Waals surface area contributed by atoms with Crippen LogP contribution in [0, 0.1) is 0 Å². The van der Waals surface area contributed by atoms with Gasteiger partial charge in [-0.15, -0.1) is 0 Å². The molecule has 5 heteroatoms. The third kappa shape index (κ3) is 5.98. The fourth-order valence-electron chi connectivity index (χ4n) is 9.10. The second-order valence-corrected chi connectivity index (χ2v) is 15.6. The average Bonchev–Trinajstić information content (AvgIpc) is 3.63. The van der Waals surface area contributed by atoms with Gasteiger partial charge in [-0.3, -0.25) is 0 Å². The molecule has 2 aromatic heterocycles. The zero-order valence-corrected chi connectivity index (χ0v) is 33.6. The van der Waals surface area contributed by atoms with E-state index in [1.807, 2.05) is 60.7 Å². The van der Waals surface area contributed by atoms with Crippen LogP contribution in [0.3, 0.4) is 0 Å². The molecule has 0 radical (unpaired) electrons. The Hall–Kier alpha value is -8.41. The summed E-state index contributed by atoms with van der Waals surface area (Å²) in [6.45, 7) is 0. The highest BCUT2D eigenvalue weighted by molar-refractivity contribution is 6.13. The Kier molecular flexibility index (Phi) is 8.42. The predicted molar refractivity (Wildman–Crippen MR) is 255 cm³/mol. The van der Waals surface area contributed by atoms with E-state index in [4.69, 9.17) is 15.0 Å². The summed E-state index contributed by atoms with van der Waals surface area (Å²) in [5, 5.41) is 3.43. The number of hydrogen-bond acceptors (Lipinski definition) is 4. The van der Waals surface area contributed by atoms with Crippen LogP contribution in [-0.4, -0.2) is 19.5 Å². The van der Waals surface area contributed by atoms with Crippen molar-refractivity contribution in [3.63, 3.8) is 0 Å². The van der Waals surface area contributed by atoms with Gasteiger partial charge in [-0.2, -0.15) is 0 Å². The molecule has 0 spiro atoms. The first-order valence-corrected chi connectivity index (χ1v) is 20.9. The second kappa shape index (κ2) is 14.7. The molecule has 5 nitrogen and oxygen atoms in total. The summed E-state index contributed by atoms with van der Waals surface area (Å²) in [6, 6.07) is 79.6. The normalized spacial score (nSPS) is 11.8. The molecule has 1 aliphatic rings. The minimum absolute atomic E-state index is 0.631. The number of hydrogen-bond donors (Lipinski definition) is 0. The lowest BCUT2D eigenvalue weighted by atomic mass is 9.98. The summed E-state index contributed by atoms with van der Waals surface area (Å²) in [7, 11) is 0. The first-order chi connectivity index (χ1) is 30.7. The average molecular weight is 792 g/mol. The number of anilines is 3. The lowest BCUT2D eigenvalue weighted by Gasteiger charge is -2.28. The second-order valence-electron chi connectivity index (χ2n) is 15.6. The Morgan fingerprint density at radius 1 is 0.323 bits per heavy atom. The van der Waals surface area contributed by atoms with Gasteiger partial charge in [0.2, 0.25) is 0 Å². The smallest absolute Gasteiger partial charge is 0.164 e. The lowest BCUT2D eigenvalue weighted by Crippen LogP contribution is -2.11. The molecule has 290 valence electrons. The Labute approximate surface area is 359 Å². The molecular weight excluding hydrogens is 755 g/mol. The van der Waals surface area contributed by atoms with E-state index in [1.165, 1.54) is 38.9 Å². The van der Waals surface area contributed by atoms with Crippen molar-refractivity contribution in [2.24, 2.45) is 0 Å². The Morgan fingerprint density at radius 3 is 1.58 bits per heavy atom. The SMILES string of the molecule is c1ccc(-c2cccc(-n3c4c(c5ccccc53)-c3ccccc3N(c3ccc5ccc(-c6nc(-c7ccccc7)nc(-c7ccccc7)n6)cc5c3)c3ccccc3-4)c2)cc1. The van der Waals surface area contributed by atoms with Crippen LogP contribution in [0.1, 0.15) is 0 Å². The topological polar surface area (TPSA) is 46.8 Å². The van der Waals surface area contributed by atoms with Crippen molar-refractivity contribution in [1.29, 1.82) is 0 Å². The van der Waals surface area contributed by atoms with Gasteiger partial charge in [-0.25, -0.2) is 15.0 Å². The van der Waals surface area contributed by atoms with Crippen molar-refractivity contribution in [2.45, 2.75) is 0 Å². The third-order valence-corrected chi connectivity index (χ3v) is 11.9. The van der Waals surface area contributed by atoms with E-state index in [0.29, 0.717) is 17.5 Å². The van der Waals surface area contributed by atoms with Crippen molar-refractivity contribution < 1.29 is 0 Å². The van der Waals surface area contributed by atoms with Crippen molar-refractivity contribution in [3.8, 4) is 73.4 Å². The van der Waals surface area contributed by atoms with Gasteiger partial charge in [0.15, 0.2) is 17.5 Å². The van der Waals surface area contributed by atoms with Gasteiger partial charge in [0, 0.05) is 50.1 Å². The van der Waals surface area contributed by atoms with Crippen LogP contribution in [-0.2, 0) is 0 Å². The Morgan fingerprint density at radius 2 is 0.871 bits per heavy atom. The molecule has 0 bridgehead atoms.